The first-order chi connectivity index (χ1) is 8.79. The minimum Gasteiger partial charge on any atom is -0.285 e. The van der Waals surface area contributed by atoms with Crippen LogP contribution in [0, 0.1) is 0 Å². The van der Waals surface area contributed by atoms with Crippen LogP contribution >= 0.6 is 0 Å². The van der Waals surface area contributed by atoms with Crippen LogP contribution in [-0.4, -0.2) is 22.1 Å². The summed E-state index contributed by atoms with van der Waals surface area (Å²) in [5.74, 6) is -0.932. The van der Waals surface area contributed by atoms with Gasteiger partial charge in [-0.05, 0) is 0 Å². The number of benzene rings is 2. The van der Waals surface area contributed by atoms with Crippen molar-refractivity contribution in [3.8, 4) is 0 Å². The monoisotopic (exact) mass is 244 g/mol. The molecule has 2 rings (SSSR count). The zero-order valence-electron chi connectivity index (χ0n) is 9.48. The van der Waals surface area contributed by atoms with Crippen molar-refractivity contribution in [3.63, 3.8) is 0 Å². The fourth-order valence-electron chi connectivity index (χ4n) is 1.44. The Hall–Kier alpha value is -2.30. The van der Waals surface area contributed by atoms with Crippen LogP contribution in [0.25, 0.3) is 0 Å². The first kappa shape index (κ1) is 13.8. The molecular formula is C14H12O4. The van der Waals surface area contributed by atoms with E-state index < -0.39 is 11.6 Å². The van der Waals surface area contributed by atoms with Crippen molar-refractivity contribution < 1.29 is 20.1 Å². The minimum absolute atomic E-state index is 0.427. The first-order valence-corrected chi connectivity index (χ1v) is 5.18. The highest BCUT2D eigenvalue weighted by molar-refractivity contribution is 6.49. The van der Waals surface area contributed by atoms with E-state index in [0.717, 1.165) is 0 Å². The molecule has 0 aliphatic rings. The zero-order valence-corrected chi connectivity index (χ0v) is 9.48. The Kier molecular flexibility index (Phi) is 5.44. The Morgan fingerprint density at radius 1 is 0.611 bits per heavy atom. The van der Waals surface area contributed by atoms with Gasteiger partial charge in [0.15, 0.2) is 0 Å². The SMILES string of the molecule is O=C(C(=O)c1ccccc1)c1ccccc1.OO. The maximum absolute atomic E-state index is 11.8. The molecule has 0 atom stereocenters. The van der Waals surface area contributed by atoms with Crippen LogP contribution in [0.4, 0.5) is 0 Å². The van der Waals surface area contributed by atoms with E-state index in [1.807, 2.05) is 12.1 Å². The molecule has 0 amide bonds. The molecule has 18 heavy (non-hydrogen) atoms. The Labute approximate surface area is 104 Å². The standard InChI is InChI=1S/C14H10O2.H2O2/c15-13(11-7-3-1-4-8-11)14(16)12-9-5-2-6-10-12;1-2/h1-10H;1-2H. The van der Waals surface area contributed by atoms with E-state index in [0.29, 0.717) is 11.1 Å². The highest BCUT2D eigenvalue weighted by Crippen LogP contribution is 2.07. The summed E-state index contributed by atoms with van der Waals surface area (Å²) in [4.78, 5) is 23.6. The van der Waals surface area contributed by atoms with E-state index in [4.69, 9.17) is 10.5 Å². The summed E-state index contributed by atoms with van der Waals surface area (Å²) in [6.45, 7) is 0. The van der Waals surface area contributed by atoms with Crippen LogP contribution in [0.15, 0.2) is 60.7 Å². The molecular weight excluding hydrogens is 232 g/mol. The number of carbonyl (C=O) groups is 2. The molecule has 2 aromatic rings. The summed E-state index contributed by atoms with van der Waals surface area (Å²) >= 11 is 0. The Bertz CT molecular complexity index is 456. The Morgan fingerprint density at radius 2 is 0.889 bits per heavy atom. The molecule has 4 heteroatoms. The molecule has 0 radical (unpaired) electrons. The second kappa shape index (κ2) is 7.11. The average molecular weight is 244 g/mol. The third kappa shape index (κ3) is 3.35. The van der Waals surface area contributed by atoms with Gasteiger partial charge in [-0.3, -0.25) is 20.1 Å². The van der Waals surface area contributed by atoms with Crippen molar-refractivity contribution in [2.45, 2.75) is 0 Å². The minimum atomic E-state index is -0.466. The maximum Gasteiger partial charge on any atom is 0.233 e. The lowest BCUT2D eigenvalue weighted by molar-refractivity contribution is -0.176. The van der Waals surface area contributed by atoms with E-state index in [9.17, 15) is 9.59 Å². The van der Waals surface area contributed by atoms with Crippen LogP contribution < -0.4 is 0 Å². The number of carbonyl (C=O) groups excluding carboxylic acids is 2. The lowest BCUT2D eigenvalue weighted by atomic mass is 10.0. The summed E-state index contributed by atoms with van der Waals surface area (Å²) in [7, 11) is 0. The summed E-state index contributed by atoms with van der Waals surface area (Å²) in [6, 6.07) is 17.2. The van der Waals surface area contributed by atoms with Gasteiger partial charge in [0.05, 0.1) is 0 Å². The van der Waals surface area contributed by atoms with Crippen LogP contribution in [0.1, 0.15) is 20.7 Å². The molecule has 2 aromatic carbocycles. The third-order valence-electron chi connectivity index (χ3n) is 2.28. The van der Waals surface area contributed by atoms with Crippen molar-refractivity contribution in [2.75, 3.05) is 0 Å². The molecule has 0 aromatic heterocycles. The van der Waals surface area contributed by atoms with Crippen LogP contribution in [0.5, 0.6) is 0 Å². The van der Waals surface area contributed by atoms with Gasteiger partial charge < -0.3 is 0 Å². The molecule has 0 aliphatic carbocycles. The summed E-state index contributed by atoms with van der Waals surface area (Å²) in [6.07, 6.45) is 0. The van der Waals surface area contributed by atoms with E-state index >= 15 is 0 Å². The molecule has 0 heterocycles. The smallest absolute Gasteiger partial charge is 0.233 e. The van der Waals surface area contributed by atoms with Gasteiger partial charge >= 0.3 is 0 Å². The Morgan fingerprint density at radius 3 is 1.17 bits per heavy atom. The van der Waals surface area contributed by atoms with Crippen LogP contribution in [0.3, 0.4) is 0 Å². The number of hydrogen-bond acceptors (Lipinski definition) is 4. The van der Waals surface area contributed by atoms with Crippen LogP contribution in [0.2, 0.25) is 0 Å². The number of rotatable bonds is 3. The number of Topliss-reactive ketones (excluding diaryl/α,β-unsaturated/α-hetero) is 2. The predicted octanol–water partition coefficient (Wildman–Crippen LogP) is 2.77. The fraction of sp³-hybridized carbons (Fsp3) is 0. The van der Waals surface area contributed by atoms with Crippen LogP contribution in [-0.2, 0) is 0 Å². The van der Waals surface area contributed by atoms with Gasteiger partial charge in [-0.15, -0.1) is 0 Å². The van der Waals surface area contributed by atoms with Gasteiger partial charge in [-0.2, -0.15) is 0 Å². The molecule has 0 unspecified atom stereocenters. The van der Waals surface area contributed by atoms with Gasteiger partial charge in [-0.1, -0.05) is 60.7 Å². The second-order valence-corrected chi connectivity index (χ2v) is 3.39. The lowest BCUT2D eigenvalue weighted by Gasteiger charge is -1.99. The van der Waals surface area contributed by atoms with E-state index in [1.165, 1.54) is 0 Å². The predicted molar refractivity (Wildman–Crippen MR) is 66.8 cm³/mol. The van der Waals surface area contributed by atoms with Crippen molar-refractivity contribution in [2.24, 2.45) is 0 Å². The molecule has 4 nitrogen and oxygen atoms in total. The van der Waals surface area contributed by atoms with Crippen molar-refractivity contribution >= 4 is 11.6 Å². The van der Waals surface area contributed by atoms with Crippen molar-refractivity contribution in [3.05, 3.63) is 71.8 Å². The fourth-order valence-corrected chi connectivity index (χ4v) is 1.44. The molecule has 2 N–H and O–H groups in total. The zero-order chi connectivity index (χ0) is 13.4. The molecule has 92 valence electrons. The quantitative estimate of drug-likeness (QED) is 0.377. The van der Waals surface area contributed by atoms with Gasteiger partial charge in [0.2, 0.25) is 11.6 Å². The second-order valence-electron chi connectivity index (χ2n) is 3.39. The summed E-state index contributed by atoms with van der Waals surface area (Å²) in [5.41, 5.74) is 0.854. The molecule has 0 aliphatic heterocycles. The largest absolute Gasteiger partial charge is 0.285 e. The van der Waals surface area contributed by atoms with Gasteiger partial charge in [0.25, 0.3) is 0 Å². The third-order valence-corrected chi connectivity index (χ3v) is 2.28. The van der Waals surface area contributed by atoms with Crippen molar-refractivity contribution in [1.82, 2.24) is 0 Å². The molecule has 0 fully saturated rings. The highest BCUT2D eigenvalue weighted by atomic mass is 17.0. The van der Waals surface area contributed by atoms with Gasteiger partial charge in [-0.25, -0.2) is 0 Å². The van der Waals surface area contributed by atoms with Gasteiger partial charge in [0.1, 0.15) is 0 Å². The highest BCUT2D eigenvalue weighted by Gasteiger charge is 2.16. The van der Waals surface area contributed by atoms with Crippen molar-refractivity contribution in [1.29, 1.82) is 0 Å². The first-order valence-electron chi connectivity index (χ1n) is 5.18. The normalized spacial score (nSPS) is 9.00. The van der Waals surface area contributed by atoms with E-state index in [-0.39, 0.29) is 0 Å². The topological polar surface area (TPSA) is 74.6 Å². The molecule has 0 bridgehead atoms. The number of ketones is 2. The number of hydrogen-bond donors (Lipinski definition) is 2. The lowest BCUT2D eigenvalue weighted by Crippen LogP contribution is -2.14. The van der Waals surface area contributed by atoms with Gasteiger partial charge in [0, 0.05) is 11.1 Å². The molecule has 0 saturated carbocycles. The molecule has 0 saturated heterocycles. The molecule has 0 spiro atoms. The maximum atomic E-state index is 11.8. The summed E-state index contributed by atoms with van der Waals surface area (Å²) in [5, 5.41) is 12.0. The van der Waals surface area contributed by atoms with E-state index in [2.05, 4.69) is 0 Å². The Balaban J connectivity index is 0.000000771. The summed E-state index contributed by atoms with van der Waals surface area (Å²) < 4.78 is 0. The average Bonchev–Trinajstić information content (AvgIpc) is 2.49. The van der Waals surface area contributed by atoms with E-state index in [1.54, 1.807) is 48.5 Å².